The molecule has 0 aliphatic carbocycles. The largest absolute Gasteiger partial charge is 0.350 e. The molecule has 0 radical (unpaired) electrons. The number of hydrogen-bond acceptors (Lipinski definition) is 2. The molecule has 1 aromatic heterocycles. The van der Waals surface area contributed by atoms with E-state index in [2.05, 4.69) is 5.32 Å². The van der Waals surface area contributed by atoms with Gasteiger partial charge < -0.3 is 9.88 Å². The Bertz CT molecular complexity index is 1280. The number of rotatable bonds is 6. The Morgan fingerprint density at radius 2 is 1.72 bits per heavy atom. The van der Waals surface area contributed by atoms with Gasteiger partial charge in [-0.25, -0.2) is 13.8 Å². The molecule has 6 heteroatoms. The topological polar surface area (TPSA) is 46.9 Å². The Labute approximate surface area is 185 Å². The fourth-order valence-electron chi connectivity index (χ4n) is 3.83. The van der Waals surface area contributed by atoms with E-state index in [1.807, 2.05) is 30.5 Å². The Balaban J connectivity index is 1.68. The van der Waals surface area contributed by atoms with E-state index < -0.39 is 6.04 Å². The number of carbonyl (C=O) groups is 1. The van der Waals surface area contributed by atoms with Gasteiger partial charge in [-0.2, -0.15) is 0 Å². The lowest BCUT2D eigenvalue weighted by atomic mass is 10.1. The molecule has 1 atom stereocenters. The van der Waals surface area contributed by atoms with Crippen molar-refractivity contribution in [1.29, 1.82) is 0 Å². The van der Waals surface area contributed by atoms with Crippen LogP contribution in [0.1, 0.15) is 41.0 Å². The minimum absolute atomic E-state index is 0.193. The molecule has 1 heterocycles. The normalized spacial score (nSPS) is 12.2. The van der Waals surface area contributed by atoms with Gasteiger partial charge in [-0.1, -0.05) is 30.3 Å². The van der Waals surface area contributed by atoms with E-state index in [-0.39, 0.29) is 30.5 Å². The summed E-state index contributed by atoms with van der Waals surface area (Å²) in [5, 5.41) is 2.92. The van der Waals surface area contributed by atoms with Gasteiger partial charge >= 0.3 is 0 Å². The van der Waals surface area contributed by atoms with Gasteiger partial charge in [0.1, 0.15) is 23.5 Å². The standard InChI is InChI=1S/C26H25F2N3O/c1-16-12-23-24(13-17(16)2)31(25(30-23)14-20-6-4-5-7-22(20)28)18(3)26(32)29-15-19-8-10-21(27)11-9-19/h4-13,18H,14-15H2,1-3H3,(H,29,32)/t18-/m1/s1. The maximum Gasteiger partial charge on any atom is 0.243 e. The zero-order valence-electron chi connectivity index (χ0n) is 18.3. The van der Waals surface area contributed by atoms with Crippen LogP contribution in [0.5, 0.6) is 0 Å². The number of hydrogen-bond donors (Lipinski definition) is 1. The molecule has 4 aromatic rings. The third-order valence-corrected chi connectivity index (χ3v) is 5.83. The van der Waals surface area contributed by atoms with Crippen LogP contribution in [0.3, 0.4) is 0 Å². The molecule has 0 fully saturated rings. The van der Waals surface area contributed by atoms with Gasteiger partial charge in [-0.3, -0.25) is 4.79 Å². The van der Waals surface area contributed by atoms with Crippen molar-refractivity contribution in [2.75, 3.05) is 0 Å². The van der Waals surface area contributed by atoms with Crippen LogP contribution in [-0.4, -0.2) is 15.5 Å². The Morgan fingerprint density at radius 3 is 2.44 bits per heavy atom. The predicted octanol–water partition coefficient (Wildman–Crippen LogP) is 5.40. The van der Waals surface area contributed by atoms with Crippen molar-refractivity contribution < 1.29 is 13.6 Å². The molecular weight excluding hydrogens is 408 g/mol. The molecule has 0 bridgehead atoms. The summed E-state index contributed by atoms with van der Waals surface area (Å²) in [6.45, 7) is 6.13. The number of imidazole rings is 1. The lowest BCUT2D eigenvalue weighted by molar-refractivity contribution is -0.124. The van der Waals surface area contributed by atoms with Gasteiger partial charge in [0.2, 0.25) is 5.91 Å². The average Bonchev–Trinajstić information content (AvgIpc) is 3.11. The zero-order valence-corrected chi connectivity index (χ0v) is 18.3. The highest BCUT2D eigenvalue weighted by atomic mass is 19.1. The maximum absolute atomic E-state index is 14.3. The quantitative estimate of drug-likeness (QED) is 0.443. The van der Waals surface area contributed by atoms with Crippen LogP contribution in [0.4, 0.5) is 8.78 Å². The Hall–Kier alpha value is -3.54. The molecule has 0 aliphatic heterocycles. The van der Waals surface area contributed by atoms with Crippen LogP contribution in [0.2, 0.25) is 0 Å². The molecule has 3 aromatic carbocycles. The number of amides is 1. The molecule has 1 amide bonds. The van der Waals surface area contributed by atoms with Crippen molar-refractivity contribution in [2.45, 2.75) is 39.8 Å². The second-order valence-electron chi connectivity index (χ2n) is 8.11. The first-order chi connectivity index (χ1) is 15.3. The van der Waals surface area contributed by atoms with Crippen molar-refractivity contribution in [3.63, 3.8) is 0 Å². The van der Waals surface area contributed by atoms with Crippen LogP contribution >= 0.6 is 0 Å². The van der Waals surface area contributed by atoms with E-state index in [0.717, 1.165) is 27.7 Å². The highest BCUT2D eigenvalue weighted by Gasteiger charge is 2.23. The highest BCUT2D eigenvalue weighted by molar-refractivity contribution is 5.85. The smallest absolute Gasteiger partial charge is 0.243 e. The van der Waals surface area contributed by atoms with Gasteiger partial charge in [0.25, 0.3) is 0 Å². The second-order valence-corrected chi connectivity index (χ2v) is 8.11. The highest BCUT2D eigenvalue weighted by Crippen LogP contribution is 2.26. The molecule has 32 heavy (non-hydrogen) atoms. The summed E-state index contributed by atoms with van der Waals surface area (Å²) in [6.07, 6.45) is 0.273. The Kier molecular flexibility index (Phi) is 6.04. The summed E-state index contributed by atoms with van der Waals surface area (Å²) in [4.78, 5) is 17.8. The van der Waals surface area contributed by atoms with Crippen molar-refractivity contribution in [3.05, 3.63) is 100 Å². The van der Waals surface area contributed by atoms with Crippen molar-refractivity contribution in [2.24, 2.45) is 0 Å². The first-order valence-electron chi connectivity index (χ1n) is 10.6. The summed E-state index contributed by atoms with van der Waals surface area (Å²) in [5.74, 6) is -0.185. The summed E-state index contributed by atoms with van der Waals surface area (Å²) >= 11 is 0. The summed E-state index contributed by atoms with van der Waals surface area (Å²) in [6, 6.07) is 16.1. The first-order valence-corrected chi connectivity index (χ1v) is 10.6. The van der Waals surface area contributed by atoms with E-state index in [0.29, 0.717) is 11.4 Å². The van der Waals surface area contributed by atoms with Crippen molar-refractivity contribution >= 4 is 16.9 Å². The van der Waals surface area contributed by atoms with Crippen LogP contribution in [0.25, 0.3) is 11.0 Å². The monoisotopic (exact) mass is 433 g/mol. The van der Waals surface area contributed by atoms with Crippen molar-refractivity contribution in [3.8, 4) is 0 Å². The minimum atomic E-state index is -0.565. The Morgan fingerprint density at radius 1 is 1.03 bits per heavy atom. The van der Waals surface area contributed by atoms with E-state index in [1.165, 1.54) is 18.2 Å². The number of halogens is 2. The van der Waals surface area contributed by atoms with Gasteiger partial charge in [-0.05, 0) is 73.4 Å². The fraction of sp³-hybridized carbons (Fsp3) is 0.231. The lowest BCUT2D eigenvalue weighted by Crippen LogP contribution is -2.31. The molecule has 0 saturated heterocycles. The lowest BCUT2D eigenvalue weighted by Gasteiger charge is -2.18. The molecular formula is C26H25F2N3O. The first kappa shape index (κ1) is 21.7. The van der Waals surface area contributed by atoms with E-state index in [9.17, 15) is 13.6 Å². The number of nitrogens with one attached hydrogen (secondary N) is 1. The number of carbonyl (C=O) groups excluding carboxylic acids is 1. The summed E-state index contributed by atoms with van der Waals surface area (Å²) in [5.41, 5.74) is 5.14. The van der Waals surface area contributed by atoms with Crippen molar-refractivity contribution in [1.82, 2.24) is 14.9 Å². The minimum Gasteiger partial charge on any atom is -0.350 e. The predicted molar refractivity (Wildman–Crippen MR) is 121 cm³/mol. The molecule has 0 aliphatic rings. The molecule has 0 spiro atoms. The van der Waals surface area contributed by atoms with Gasteiger partial charge in [-0.15, -0.1) is 0 Å². The third kappa shape index (κ3) is 4.40. The van der Waals surface area contributed by atoms with E-state index in [1.54, 1.807) is 37.3 Å². The molecule has 4 rings (SSSR count). The summed E-state index contributed by atoms with van der Waals surface area (Å²) in [7, 11) is 0. The van der Waals surface area contributed by atoms with Crippen LogP contribution in [0.15, 0.2) is 60.7 Å². The molecule has 0 saturated carbocycles. The van der Waals surface area contributed by atoms with Gasteiger partial charge in [0.05, 0.1) is 11.0 Å². The molecule has 0 unspecified atom stereocenters. The van der Waals surface area contributed by atoms with E-state index >= 15 is 0 Å². The van der Waals surface area contributed by atoms with Gasteiger partial charge in [0.15, 0.2) is 0 Å². The van der Waals surface area contributed by atoms with Gasteiger partial charge in [0, 0.05) is 13.0 Å². The zero-order chi connectivity index (χ0) is 22.8. The SMILES string of the molecule is Cc1cc2nc(Cc3ccccc3F)n([C@H](C)C(=O)NCc3ccc(F)cc3)c2cc1C. The number of aromatic nitrogens is 2. The molecule has 1 N–H and O–H groups in total. The molecule has 4 nitrogen and oxygen atoms in total. The van der Waals surface area contributed by atoms with Crippen LogP contribution < -0.4 is 5.32 Å². The number of fused-ring (bicyclic) bond motifs is 1. The third-order valence-electron chi connectivity index (χ3n) is 5.83. The average molecular weight is 434 g/mol. The maximum atomic E-state index is 14.3. The molecule has 164 valence electrons. The fourth-order valence-corrected chi connectivity index (χ4v) is 3.83. The number of nitrogens with zero attached hydrogens (tertiary/aromatic N) is 2. The van der Waals surface area contributed by atoms with E-state index in [4.69, 9.17) is 4.98 Å². The van der Waals surface area contributed by atoms with Crippen LogP contribution in [0, 0.1) is 25.5 Å². The number of aryl methyl sites for hydroxylation is 2. The summed E-state index contributed by atoms with van der Waals surface area (Å²) < 4.78 is 29.4. The number of benzene rings is 3. The van der Waals surface area contributed by atoms with Crippen LogP contribution in [-0.2, 0) is 17.8 Å². The second kappa shape index (κ2) is 8.91.